The van der Waals surface area contributed by atoms with Gasteiger partial charge in [-0.2, -0.15) is 0 Å². The van der Waals surface area contributed by atoms with Crippen LogP contribution in [0.5, 0.6) is 0 Å². The molecule has 0 fully saturated rings. The number of hydrogen-bond donors (Lipinski definition) is 1. The van der Waals surface area contributed by atoms with Crippen molar-refractivity contribution in [3.63, 3.8) is 0 Å². The van der Waals surface area contributed by atoms with Gasteiger partial charge in [-0.05, 0) is 34.1 Å². The molecule has 0 saturated carbocycles. The summed E-state index contributed by atoms with van der Waals surface area (Å²) in [6.07, 6.45) is 3.25. The van der Waals surface area contributed by atoms with Gasteiger partial charge in [-0.1, -0.05) is 18.2 Å². The number of rotatable bonds is 2. The van der Waals surface area contributed by atoms with E-state index >= 15 is 0 Å². The number of fused-ring (bicyclic) bond motifs is 1. The van der Waals surface area contributed by atoms with Crippen LogP contribution in [0.4, 0.5) is 15.9 Å². The van der Waals surface area contributed by atoms with Crippen molar-refractivity contribution in [3.8, 4) is 0 Å². The molecular weight excluding hydrogens is 309 g/mol. The van der Waals surface area contributed by atoms with Gasteiger partial charge in [-0.25, -0.2) is 9.37 Å². The number of anilines is 2. The molecule has 0 bridgehead atoms. The van der Waals surface area contributed by atoms with Gasteiger partial charge in [0.25, 0.3) is 0 Å². The lowest BCUT2D eigenvalue weighted by Crippen LogP contribution is -1.98. The predicted molar refractivity (Wildman–Crippen MR) is 76.9 cm³/mol. The average Bonchev–Trinajstić information content (AvgIpc) is 2.42. The number of benzene rings is 1. The average molecular weight is 318 g/mol. The van der Waals surface area contributed by atoms with E-state index in [0.717, 1.165) is 16.6 Å². The zero-order valence-corrected chi connectivity index (χ0v) is 11.4. The summed E-state index contributed by atoms with van der Waals surface area (Å²) in [7, 11) is 0. The summed E-state index contributed by atoms with van der Waals surface area (Å²) in [5.41, 5.74) is 1.51. The Morgan fingerprint density at radius 2 is 1.95 bits per heavy atom. The predicted octanol–water partition coefficient (Wildman–Crippen LogP) is 4.28. The lowest BCUT2D eigenvalue weighted by Gasteiger charge is -2.09. The first-order valence-electron chi connectivity index (χ1n) is 5.66. The number of nitrogens with zero attached hydrogens (tertiary/aromatic N) is 2. The minimum Gasteiger partial charge on any atom is -0.336 e. The van der Waals surface area contributed by atoms with Gasteiger partial charge in [-0.15, -0.1) is 0 Å². The molecule has 0 atom stereocenters. The second kappa shape index (κ2) is 4.93. The van der Waals surface area contributed by atoms with Crippen LogP contribution in [0.3, 0.4) is 0 Å². The van der Waals surface area contributed by atoms with E-state index in [1.807, 2.05) is 30.3 Å². The highest BCUT2D eigenvalue weighted by atomic mass is 79.9. The lowest BCUT2D eigenvalue weighted by atomic mass is 10.2. The molecule has 0 aliphatic carbocycles. The third kappa shape index (κ3) is 2.42. The van der Waals surface area contributed by atoms with Crippen LogP contribution in [0, 0.1) is 5.82 Å². The Hall–Kier alpha value is -2.01. The van der Waals surface area contributed by atoms with Gasteiger partial charge >= 0.3 is 0 Å². The molecule has 0 amide bonds. The van der Waals surface area contributed by atoms with Crippen LogP contribution in [0.1, 0.15) is 0 Å². The second-order valence-electron chi connectivity index (χ2n) is 3.99. The van der Waals surface area contributed by atoms with Gasteiger partial charge in [-0.3, -0.25) is 4.98 Å². The molecular formula is C14H9BrFN3. The minimum absolute atomic E-state index is 0.182. The molecule has 0 unspecified atom stereocenters. The minimum atomic E-state index is -0.415. The second-order valence-corrected chi connectivity index (χ2v) is 4.91. The summed E-state index contributed by atoms with van der Waals surface area (Å²) < 4.78 is 14.4. The summed E-state index contributed by atoms with van der Waals surface area (Å²) in [6, 6.07) is 10.9. The van der Waals surface area contributed by atoms with Gasteiger partial charge in [0.2, 0.25) is 0 Å². The summed E-state index contributed by atoms with van der Waals surface area (Å²) in [6.45, 7) is 0. The molecule has 0 saturated heterocycles. The van der Waals surface area contributed by atoms with E-state index in [9.17, 15) is 4.39 Å². The van der Waals surface area contributed by atoms with E-state index in [2.05, 4.69) is 31.2 Å². The molecule has 3 nitrogen and oxygen atoms in total. The Morgan fingerprint density at radius 1 is 1.11 bits per heavy atom. The Labute approximate surface area is 117 Å². The van der Waals surface area contributed by atoms with Crippen LogP contribution >= 0.6 is 15.9 Å². The molecule has 94 valence electrons. The number of aromatic nitrogens is 2. The molecule has 1 N–H and O–H groups in total. The zero-order valence-electron chi connectivity index (χ0n) is 9.77. The number of para-hydroxylation sites is 1. The van der Waals surface area contributed by atoms with E-state index in [1.165, 1.54) is 6.07 Å². The standard InChI is InChI=1S/C14H9BrFN3/c15-10-7-11(16)14(18-8-10)19-12-5-1-3-9-4-2-6-17-13(9)12/h1-8H,(H,18,19). The van der Waals surface area contributed by atoms with Crippen LogP contribution in [0.2, 0.25) is 0 Å². The van der Waals surface area contributed by atoms with Crippen molar-refractivity contribution in [1.29, 1.82) is 0 Å². The highest BCUT2D eigenvalue weighted by Crippen LogP contribution is 2.25. The Bertz CT molecular complexity index is 740. The van der Waals surface area contributed by atoms with Crippen molar-refractivity contribution in [2.45, 2.75) is 0 Å². The van der Waals surface area contributed by atoms with Crippen molar-refractivity contribution in [1.82, 2.24) is 9.97 Å². The van der Waals surface area contributed by atoms with Gasteiger partial charge in [0.05, 0.1) is 11.2 Å². The monoisotopic (exact) mass is 317 g/mol. The summed E-state index contributed by atoms with van der Waals surface area (Å²) >= 11 is 3.18. The third-order valence-corrected chi connectivity index (χ3v) is 3.13. The molecule has 2 aromatic heterocycles. The molecule has 19 heavy (non-hydrogen) atoms. The zero-order chi connectivity index (χ0) is 13.2. The van der Waals surface area contributed by atoms with E-state index in [4.69, 9.17) is 0 Å². The van der Waals surface area contributed by atoms with Crippen LogP contribution in [0.15, 0.2) is 53.3 Å². The molecule has 0 aliphatic heterocycles. The summed E-state index contributed by atoms with van der Waals surface area (Å²) in [5.74, 6) is -0.233. The molecule has 3 rings (SSSR count). The van der Waals surface area contributed by atoms with E-state index in [1.54, 1.807) is 12.4 Å². The maximum absolute atomic E-state index is 13.8. The SMILES string of the molecule is Fc1cc(Br)cnc1Nc1cccc2cccnc12. The molecule has 2 heterocycles. The van der Waals surface area contributed by atoms with Crippen molar-refractivity contribution < 1.29 is 4.39 Å². The molecule has 0 radical (unpaired) electrons. The fourth-order valence-corrected chi connectivity index (χ4v) is 2.14. The molecule has 0 aliphatic rings. The number of nitrogens with one attached hydrogen (secondary N) is 1. The molecule has 1 aromatic carbocycles. The Balaban J connectivity index is 2.06. The highest BCUT2D eigenvalue weighted by molar-refractivity contribution is 9.10. The van der Waals surface area contributed by atoms with Crippen molar-refractivity contribution in [2.24, 2.45) is 0 Å². The number of pyridine rings is 2. The van der Waals surface area contributed by atoms with E-state index in [-0.39, 0.29) is 5.82 Å². The highest BCUT2D eigenvalue weighted by Gasteiger charge is 2.07. The molecule has 5 heteroatoms. The fourth-order valence-electron chi connectivity index (χ4n) is 1.84. The van der Waals surface area contributed by atoms with E-state index < -0.39 is 5.82 Å². The van der Waals surface area contributed by atoms with Crippen molar-refractivity contribution in [3.05, 3.63) is 59.1 Å². The van der Waals surface area contributed by atoms with Crippen LogP contribution in [-0.2, 0) is 0 Å². The first-order valence-corrected chi connectivity index (χ1v) is 6.45. The van der Waals surface area contributed by atoms with Gasteiger partial charge in [0, 0.05) is 22.3 Å². The van der Waals surface area contributed by atoms with Gasteiger partial charge in [0.1, 0.15) is 0 Å². The summed E-state index contributed by atoms with van der Waals surface area (Å²) in [4.78, 5) is 8.32. The Kier molecular flexibility index (Phi) is 3.13. The van der Waals surface area contributed by atoms with Crippen LogP contribution < -0.4 is 5.32 Å². The summed E-state index contributed by atoms with van der Waals surface area (Å²) in [5, 5.41) is 3.96. The fraction of sp³-hybridized carbons (Fsp3) is 0. The first-order chi connectivity index (χ1) is 9.24. The largest absolute Gasteiger partial charge is 0.336 e. The van der Waals surface area contributed by atoms with Crippen molar-refractivity contribution in [2.75, 3.05) is 5.32 Å². The molecule has 3 aromatic rings. The molecule has 0 spiro atoms. The maximum Gasteiger partial charge on any atom is 0.166 e. The number of hydrogen-bond acceptors (Lipinski definition) is 3. The quantitative estimate of drug-likeness (QED) is 0.766. The topological polar surface area (TPSA) is 37.8 Å². The third-order valence-electron chi connectivity index (χ3n) is 2.69. The van der Waals surface area contributed by atoms with Gasteiger partial charge in [0.15, 0.2) is 11.6 Å². The normalized spacial score (nSPS) is 10.6. The van der Waals surface area contributed by atoms with E-state index in [0.29, 0.717) is 4.47 Å². The van der Waals surface area contributed by atoms with Crippen molar-refractivity contribution >= 4 is 38.3 Å². The Morgan fingerprint density at radius 3 is 2.79 bits per heavy atom. The number of halogens is 2. The lowest BCUT2D eigenvalue weighted by molar-refractivity contribution is 0.625. The first kappa shape index (κ1) is 12.0. The van der Waals surface area contributed by atoms with Crippen LogP contribution in [-0.4, -0.2) is 9.97 Å². The maximum atomic E-state index is 13.8. The van der Waals surface area contributed by atoms with Gasteiger partial charge < -0.3 is 5.32 Å². The van der Waals surface area contributed by atoms with Crippen LogP contribution in [0.25, 0.3) is 10.9 Å². The smallest absolute Gasteiger partial charge is 0.166 e.